The fraction of sp³-hybridized carbons (Fsp3) is 0.476. The summed E-state index contributed by atoms with van der Waals surface area (Å²) >= 11 is 0. The molecule has 3 heterocycles. The van der Waals surface area contributed by atoms with Gasteiger partial charge in [0.2, 0.25) is 0 Å². The molecule has 8 heteroatoms. The number of aryl methyl sites for hydroxylation is 1. The highest BCUT2D eigenvalue weighted by Crippen LogP contribution is 2.45. The number of aromatic nitrogens is 2. The Labute approximate surface area is 170 Å². The van der Waals surface area contributed by atoms with Crippen molar-refractivity contribution in [2.24, 2.45) is 11.8 Å². The Morgan fingerprint density at radius 1 is 1.17 bits per heavy atom. The molecule has 1 aromatic heterocycles. The maximum absolute atomic E-state index is 13.0. The van der Waals surface area contributed by atoms with Crippen LogP contribution >= 0.6 is 0 Å². The minimum absolute atomic E-state index is 0.00349. The average molecular weight is 397 g/mol. The van der Waals surface area contributed by atoms with Crippen molar-refractivity contribution in [1.82, 2.24) is 24.9 Å². The first kappa shape index (κ1) is 19.3. The summed E-state index contributed by atoms with van der Waals surface area (Å²) in [6.45, 7) is 3.78. The van der Waals surface area contributed by atoms with E-state index in [4.69, 9.17) is 4.74 Å². The first-order valence-electron chi connectivity index (χ1n) is 9.81. The molecule has 2 fully saturated rings. The molecule has 2 aromatic rings. The van der Waals surface area contributed by atoms with E-state index in [-0.39, 0.29) is 29.8 Å². The van der Waals surface area contributed by atoms with Crippen molar-refractivity contribution in [1.29, 1.82) is 0 Å². The van der Waals surface area contributed by atoms with Gasteiger partial charge in [0.15, 0.2) is 0 Å². The molecule has 1 aromatic carbocycles. The van der Waals surface area contributed by atoms with Gasteiger partial charge in [0, 0.05) is 51.3 Å². The van der Waals surface area contributed by atoms with Crippen LogP contribution in [0, 0.1) is 18.8 Å². The highest BCUT2D eigenvalue weighted by Gasteiger charge is 2.50. The monoisotopic (exact) mass is 397 g/mol. The lowest BCUT2D eigenvalue weighted by molar-refractivity contribution is 0.0766. The molecule has 0 aliphatic carbocycles. The van der Waals surface area contributed by atoms with Crippen molar-refractivity contribution in [2.45, 2.75) is 13.0 Å². The predicted molar refractivity (Wildman–Crippen MR) is 108 cm³/mol. The Bertz CT molecular complexity index is 907. The van der Waals surface area contributed by atoms with Gasteiger partial charge in [0.25, 0.3) is 5.91 Å². The Balaban J connectivity index is 1.61. The number of urea groups is 1. The molecule has 29 heavy (non-hydrogen) atoms. The molecule has 0 spiro atoms. The van der Waals surface area contributed by atoms with E-state index < -0.39 is 0 Å². The Morgan fingerprint density at radius 2 is 1.90 bits per heavy atom. The molecule has 2 aliphatic heterocycles. The summed E-state index contributed by atoms with van der Waals surface area (Å²) in [5.41, 5.74) is 2.47. The summed E-state index contributed by atoms with van der Waals surface area (Å²) in [7, 11) is 5.19. The van der Waals surface area contributed by atoms with Gasteiger partial charge >= 0.3 is 6.03 Å². The van der Waals surface area contributed by atoms with E-state index in [0.717, 1.165) is 17.0 Å². The van der Waals surface area contributed by atoms with Crippen molar-refractivity contribution in [3.05, 3.63) is 47.3 Å². The molecule has 1 N–H and O–H groups in total. The number of aromatic amines is 1. The largest absolute Gasteiger partial charge is 0.497 e. The molecule has 8 nitrogen and oxygen atoms in total. The third-order valence-electron chi connectivity index (χ3n) is 6.10. The smallest absolute Gasteiger partial charge is 0.320 e. The maximum Gasteiger partial charge on any atom is 0.320 e. The van der Waals surface area contributed by atoms with Crippen molar-refractivity contribution in [3.8, 4) is 5.75 Å². The van der Waals surface area contributed by atoms with E-state index >= 15 is 0 Å². The van der Waals surface area contributed by atoms with Gasteiger partial charge in [-0.25, -0.2) is 4.79 Å². The Morgan fingerprint density at radius 3 is 2.48 bits per heavy atom. The van der Waals surface area contributed by atoms with Gasteiger partial charge in [-0.2, -0.15) is 5.10 Å². The zero-order chi connectivity index (χ0) is 20.7. The average Bonchev–Trinajstić information content (AvgIpc) is 3.40. The van der Waals surface area contributed by atoms with Gasteiger partial charge in [-0.05, 0) is 24.6 Å². The predicted octanol–water partition coefficient (Wildman–Crippen LogP) is 2.15. The maximum atomic E-state index is 13.0. The van der Waals surface area contributed by atoms with E-state index in [1.165, 1.54) is 0 Å². The molecule has 3 amide bonds. The Kier molecular flexibility index (Phi) is 4.94. The number of hydrogen-bond acceptors (Lipinski definition) is 4. The minimum atomic E-state index is -0.0657. The number of amides is 3. The summed E-state index contributed by atoms with van der Waals surface area (Å²) in [5.74, 6) is 1.24. The number of ether oxygens (including phenoxy) is 1. The fourth-order valence-electron chi connectivity index (χ4n) is 4.63. The number of H-pyrrole nitrogens is 1. The fourth-order valence-corrected chi connectivity index (χ4v) is 4.63. The van der Waals surface area contributed by atoms with Gasteiger partial charge < -0.3 is 19.4 Å². The lowest BCUT2D eigenvalue weighted by atomic mass is 9.89. The summed E-state index contributed by atoms with van der Waals surface area (Å²) < 4.78 is 5.28. The summed E-state index contributed by atoms with van der Waals surface area (Å²) in [5, 5.41) is 6.81. The van der Waals surface area contributed by atoms with Crippen LogP contribution in [0.3, 0.4) is 0 Å². The molecule has 2 aliphatic rings. The van der Waals surface area contributed by atoms with Crippen LogP contribution in [-0.2, 0) is 0 Å². The SMILES string of the molecule is COc1ccc([C@H]2[C@@H]3CN(C(=O)c4cn[nH]c4C)C[C@@H]3CN2C(=O)N(C)C)cc1. The third-order valence-corrected chi connectivity index (χ3v) is 6.10. The van der Waals surface area contributed by atoms with Crippen LogP contribution in [0.4, 0.5) is 4.79 Å². The number of methoxy groups -OCH3 is 1. The number of carbonyl (C=O) groups excluding carboxylic acids is 2. The highest BCUT2D eigenvalue weighted by atomic mass is 16.5. The van der Waals surface area contributed by atoms with E-state index in [0.29, 0.717) is 25.2 Å². The molecule has 2 saturated heterocycles. The van der Waals surface area contributed by atoms with Gasteiger partial charge in [0.05, 0.1) is 24.9 Å². The Hall–Kier alpha value is -3.03. The van der Waals surface area contributed by atoms with E-state index in [9.17, 15) is 9.59 Å². The second-order valence-electron chi connectivity index (χ2n) is 8.09. The number of carbonyl (C=O) groups is 2. The van der Waals surface area contributed by atoms with Crippen molar-refractivity contribution >= 4 is 11.9 Å². The number of nitrogens with one attached hydrogen (secondary N) is 1. The van der Waals surface area contributed by atoms with Gasteiger partial charge in [-0.15, -0.1) is 0 Å². The molecule has 0 unspecified atom stereocenters. The normalized spacial score (nSPS) is 23.2. The molecular weight excluding hydrogens is 370 g/mol. The molecule has 0 bridgehead atoms. The van der Waals surface area contributed by atoms with Crippen LogP contribution in [0.2, 0.25) is 0 Å². The van der Waals surface area contributed by atoms with Gasteiger partial charge in [0.1, 0.15) is 5.75 Å². The van der Waals surface area contributed by atoms with E-state index in [2.05, 4.69) is 10.2 Å². The lowest BCUT2D eigenvalue weighted by Crippen LogP contribution is -2.42. The number of fused-ring (bicyclic) bond motifs is 1. The minimum Gasteiger partial charge on any atom is -0.497 e. The number of likely N-dealkylation sites (tertiary alicyclic amines) is 2. The summed E-state index contributed by atoms with van der Waals surface area (Å²) in [6.07, 6.45) is 1.59. The van der Waals surface area contributed by atoms with Gasteiger partial charge in [-0.3, -0.25) is 9.89 Å². The number of benzene rings is 1. The zero-order valence-corrected chi connectivity index (χ0v) is 17.3. The molecule has 3 atom stereocenters. The molecule has 154 valence electrons. The van der Waals surface area contributed by atoms with Crippen molar-refractivity contribution in [2.75, 3.05) is 40.8 Å². The number of nitrogens with zero attached hydrogens (tertiary/aromatic N) is 4. The van der Waals surface area contributed by atoms with Crippen molar-refractivity contribution in [3.63, 3.8) is 0 Å². The number of hydrogen-bond donors (Lipinski definition) is 1. The lowest BCUT2D eigenvalue weighted by Gasteiger charge is -2.32. The molecule has 0 radical (unpaired) electrons. The standard InChI is InChI=1S/C21H27N5O3/c1-13-17(9-22-23-13)20(27)25-10-15-11-26(21(28)24(2)3)19(18(15)12-25)14-5-7-16(29-4)8-6-14/h5-9,15,18-19H,10-12H2,1-4H3,(H,22,23)/t15-,18-,19+/m1/s1. The summed E-state index contributed by atoms with van der Waals surface area (Å²) in [4.78, 5) is 31.3. The third kappa shape index (κ3) is 3.32. The second kappa shape index (κ2) is 7.42. The topological polar surface area (TPSA) is 81.8 Å². The summed E-state index contributed by atoms with van der Waals surface area (Å²) in [6, 6.07) is 7.83. The first-order valence-corrected chi connectivity index (χ1v) is 9.81. The molecule has 0 saturated carbocycles. The first-order chi connectivity index (χ1) is 13.9. The van der Waals surface area contributed by atoms with Crippen LogP contribution in [-0.4, -0.2) is 77.7 Å². The molecule has 4 rings (SSSR count). The van der Waals surface area contributed by atoms with Crippen molar-refractivity contribution < 1.29 is 14.3 Å². The molecular formula is C21H27N5O3. The van der Waals surface area contributed by atoms with Gasteiger partial charge in [-0.1, -0.05) is 12.1 Å². The second-order valence-corrected chi connectivity index (χ2v) is 8.09. The van der Waals surface area contributed by atoms with Crippen LogP contribution in [0.25, 0.3) is 0 Å². The van der Waals surface area contributed by atoms with Crippen LogP contribution in [0.15, 0.2) is 30.5 Å². The van der Waals surface area contributed by atoms with E-state index in [1.807, 2.05) is 41.0 Å². The zero-order valence-electron chi connectivity index (χ0n) is 17.3. The van der Waals surface area contributed by atoms with E-state index in [1.54, 1.807) is 32.3 Å². The quantitative estimate of drug-likeness (QED) is 0.861. The highest BCUT2D eigenvalue weighted by molar-refractivity contribution is 5.95. The van der Waals surface area contributed by atoms with Crippen LogP contribution in [0.1, 0.15) is 27.7 Å². The van der Waals surface area contributed by atoms with Crippen LogP contribution in [0.5, 0.6) is 5.75 Å². The van der Waals surface area contributed by atoms with Crippen LogP contribution < -0.4 is 4.74 Å². The number of rotatable bonds is 3.